The maximum atomic E-state index is 13.2. The van der Waals surface area contributed by atoms with E-state index in [9.17, 15) is 32.1 Å². The average molecular weight is 878 g/mol. The fraction of sp³-hybridized carbons (Fsp3) is 0.745. The van der Waals surface area contributed by atoms with E-state index in [-0.39, 0.29) is 23.7 Å². The molecule has 1 fully saturated rings. The molecule has 0 unspecified atom stereocenters. The molecule has 14 heteroatoms. The van der Waals surface area contributed by atoms with Gasteiger partial charge < -0.3 is 23.2 Å². The third-order valence-corrected chi connectivity index (χ3v) is 11.8. The van der Waals surface area contributed by atoms with E-state index in [1.807, 2.05) is 28.1 Å². The SMILES string of the molecule is CCCCCCCCCCCCCC(=O)O[C@@H]1[C@H](OC(=O)CCCCCCCCCCCCC)[C@@H](C[N+](C)(C)C)O[C@H]1n1ccc(=O)[nH]c1=O.Cc1ccc(S(=O)(=O)[O-])cc1. The van der Waals surface area contributed by atoms with Crippen LogP contribution in [0.1, 0.15) is 180 Å². The minimum absolute atomic E-state index is 0.178. The van der Waals surface area contributed by atoms with Crippen LogP contribution < -0.4 is 11.2 Å². The molecule has 2 aromatic rings. The highest BCUT2D eigenvalue weighted by Gasteiger charge is 2.52. The molecule has 61 heavy (non-hydrogen) atoms. The zero-order valence-corrected chi connectivity index (χ0v) is 39.2. The number of likely N-dealkylation sites (N-methyl/N-ethyl adjacent to an activating group) is 1. The molecule has 1 N–H and O–H groups in total. The number of aryl methyl sites for hydroxylation is 1. The number of carbonyl (C=O) groups is 2. The molecule has 0 radical (unpaired) electrons. The Kier molecular flexibility index (Phi) is 26.4. The van der Waals surface area contributed by atoms with Gasteiger partial charge >= 0.3 is 17.6 Å². The normalized spacial score (nSPS) is 17.8. The summed E-state index contributed by atoms with van der Waals surface area (Å²) >= 11 is 0. The lowest BCUT2D eigenvalue weighted by Crippen LogP contribution is -2.48. The topological polar surface area (TPSA) is 174 Å². The molecule has 1 saturated heterocycles. The van der Waals surface area contributed by atoms with Crippen molar-refractivity contribution in [2.75, 3.05) is 27.7 Å². The van der Waals surface area contributed by atoms with Gasteiger partial charge in [0, 0.05) is 25.1 Å². The first-order valence-electron chi connectivity index (χ1n) is 23.2. The summed E-state index contributed by atoms with van der Waals surface area (Å²) in [5.41, 5.74) is -0.282. The fourth-order valence-electron chi connectivity index (χ4n) is 7.51. The monoisotopic (exact) mass is 878 g/mol. The van der Waals surface area contributed by atoms with E-state index in [2.05, 4.69) is 18.8 Å². The Hall–Kier alpha value is -3.33. The van der Waals surface area contributed by atoms with Gasteiger partial charge in [0.15, 0.2) is 18.4 Å². The van der Waals surface area contributed by atoms with Gasteiger partial charge in [0.1, 0.15) is 22.8 Å². The minimum atomic E-state index is -4.27. The van der Waals surface area contributed by atoms with E-state index in [0.717, 1.165) is 37.7 Å². The van der Waals surface area contributed by atoms with Gasteiger partial charge in [0.2, 0.25) is 0 Å². The average Bonchev–Trinajstić information content (AvgIpc) is 3.49. The van der Waals surface area contributed by atoms with Crippen LogP contribution in [0.25, 0.3) is 0 Å². The van der Waals surface area contributed by atoms with Crippen LogP contribution in [-0.2, 0) is 33.9 Å². The van der Waals surface area contributed by atoms with Gasteiger partial charge in [-0.3, -0.25) is 23.9 Å². The minimum Gasteiger partial charge on any atom is -0.744 e. The quantitative estimate of drug-likeness (QED) is 0.0345. The number of aromatic nitrogens is 2. The predicted octanol–water partition coefficient (Wildman–Crippen LogP) is 9.27. The summed E-state index contributed by atoms with van der Waals surface area (Å²) in [6.07, 6.45) is 24.2. The van der Waals surface area contributed by atoms with Crippen molar-refractivity contribution in [1.82, 2.24) is 9.55 Å². The van der Waals surface area contributed by atoms with E-state index in [1.54, 1.807) is 12.1 Å². The number of rotatable bonds is 30. The number of ether oxygens (including phenoxy) is 3. The number of hydrogen-bond donors (Lipinski definition) is 1. The van der Waals surface area contributed by atoms with Crippen molar-refractivity contribution in [2.24, 2.45) is 0 Å². The molecule has 0 spiro atoms. The highest BCUT2D eigenvalue weighted by Crippen LogP contribution is 2.35. The Balaban J connectivity index is 0.00000100. The third-order valence-electron chi connectivity index (χ3n) is 11.0. The van der Waals surface area contributed by atoms with E-state index in [0.29, 0.717) is 17.4 Å². The van der Waals surface area contributed by atoms with Crippen LogP contribution in [0.2, 0.25) is 0 Å². The zero-order valence-electron chi connectivity index (χ0n) is 38.3. The first-order valence-corrected chi connectivity index (χ1v) is 24.7. The van der Waals surface area contributed by atoms with Crippen LogP contribution in [0, 0.1) is 6.92 Å². The van der Waals surface area contributed by atoms with E-state index < -0.39 is 51.9 Å². The van der Waals surface area contributed by atoms with Gasteiger partial charge in [0.25, 0.3) is 5.56 Å². The number of esters is 2. The first kappa shape index (κ1) is 53.8. The molecule has 1 aromatic carbocycles. The van der Waals surface area contributed by atoms with Crippen LogP contribution in [0.15, 0.2) is 51.0 Å². The van der Waals surface area contributed by atoms with Crippen LogP contribution in [0.4, 0.5) is 0 Å². The Bertz CT molecular complexity index is 1740. The van der Waals surface area contributed by atoms with Crippen LogP contribution in [-0.4, -0.2) is 84.9 Å². The van der Waals surface area contributed by atoms with E-state index >= 15 is 0 Å². The third kappa shape index (κ3) is 23.6. The van der Waals surface area contributed by atoms with Crippen LogP contribution >= 0.6 is 0 Å². The number of hydrogen-bond acceptors (Lipinski definition) is 10. The molecule has 0 bridgehead atoms. The van der Waals surface area contributed by atoms with Crippen molar-refractivity contribution in [2.45, 2.75) is 204 Å². The Morgan fingerprint density at radius 1 is 0.672 bits per heavy atom. The molecule has 2 heterocycles. The van der Waals surface area contributed by atoms with Crippen molar-refractivity contribution >= 4 is 22.1 Å². The fourth-order valence-corrected chi connectivity index (χ4v) is 7.98. The maximum absolute atomic E-state index is 13.2. The maximum Gasteiger partial charge on any atom is 0.330 e. The molecule has 4 atom stereocenters. The molecule has 1 aliphatic rings. The van der Waals surface area contributed by atoms with Gasteiger partial charge in [-0.2, -0.15) is 0 Å². The standard InChI is InChI=1S/C40H71N3O7.C7H8O3S/c1-6-8-10-12-14-16-18-20-22-24-26-28-35(45)49-37-33(32-43(3,4)5)48-39(42-31-30-34(44)41-40(42)47)38(37)50-36(46)29-27-25-23-21-19-17-15-13-11-9-7-2;1-6-2-4-7(5-3-6)11(8,9)10/h30-31,33,37-39H,6-29,32H2,1-5H3;2-5H,1H3,(H,8,9,10)/t33-,37-,38-,39-;/m1./s1. The summed E-state index contributed by atoms with van der Waals surface area (Å²) in [6, 6.07) is 7.01. The van der Waals surface area contributed by atoms with E-state index in [4.69, 9.17) is 14.2 Å². The predicted molar refractivity (Wildman–Crippen MR) is 239 cm³/mol. The first-order chi connectivity index (χ1) is 29.1. The van der Waals surface area contributed by atoms with Crippen molar-refractivity contribution in [3.05, 3.63) is 62.9 Å². The lowest BCUT2D eigenvalue weighted by Gasteiger charge is -2.30. The largest absolute Gasteiger partial charge is 0.744 e. The van der Waals surface area contributed by atoms with Gasteiger partial charge in [-0.1, -0.05) is 160 Å². The summed E-state index contributed by atoms with van der Waals surface area (Å²) in [5.74, 6) is -0.767. The molecule has 348 valence electrons. The van der Waals surface area contributed by atoms with Crippen molar-refractivity contribution < 1.29 is 41.3 Å². The lowest BCUT2D eigenvalue weighted by molar-refractivity contribution is -0.874. The number of quaternary nitrogens is 1. The van der Waals surface area contributed by atoms with Gasteiger partial charge in [-0.25, -0.2) is 13.2 Å². The molecular formula is C47H79N3O10S. The number of H-pyrrole nitrogens is 1. The highest BCUT2D eigenvalue weighted by atomic mass is 32.2. The zero-order chi connectivity index (χ0) is 45.1. The van der Waals surface area contributed by atoms with Gasteiger partial charge in [0.05, 0.1) is 26.0 Å². The van der Waals surface area contributed by atoms with E-state index in [1.165, 1.54) is 132 Å². The Morgan fingerprint density at radius 3 is 1.48 bits per heavy atom. The molecule has 13 nitrogen and oxygen atoms in total. The second kappa shape index (κ2) is 29.9. The second-order valence-electron chi connectivity index (χ2n) is 17.8. The second-order valence-corrected chi connectivity index (χ2v) is 19.2. The van der Waals surface area contributed by atoms with Crippen LogP contribution in [0.3, 0.4) is 0 Å². The summed E-state index contributed by atoms with van der Waals surface area (Å²) in [4.78, 5) is 53.2. The summed E-state index contributed by atoms with van der Waals surface area (Å²) in [6.45, 7) is 6.75. The Morgan fingerprint density at radius 2 is 1.08 bits per heavy atom. The smallest absolute Gasteiger partial charge is 0.330 e. The number of nitrogens with one attached hydrogen (secondary N) is 1. The van der Waals surface area contributed by atoms with Crippen LogP contribution in [0.5, 0.6) is 0 Å². The molecule has 1 aromatic heterocycles. The molecule has 1 aliphatic heterocycles. The summed E-state index contributed by atoms with van der Waals surface area (Å²) in [7, 11) is 1.73. The van der Waals surface area contributed by atoms with Crippen molar-refractivity contribution in [3.63, 3.8) is 0 Å². The number of benzene rings is 1. The number of aromatic amines is 1. The molecule has 0 aliphatic carbocycles. The van der Waals surface area contributed by atoms with Gasteiger partial charge in [-0.15, -0.1) is 0 Å². The number of carbonyl (C=O) groups excluding carboxylic acids is 2. The van der Waals surface area contributed by atoms with Gasteiger partial charge in [-0.05, 0) is 31.9 Å². The number of unbranched alkanes of at least 4 members (excludes halogenated alkanes) is 20. The summed E-state index contributed by atoms with van der Waals surface area (Å²) < 4.78 is 51.3. The van der Waals surface area contributed by atoms with Crippen molar-refractivity contribution in [3.8, 4) is 0 Å². The molecular weight excluding hydrogens is 799 g/mol. The number of nitrogens with zero attached hydrogens (tertiary/aromatic N) is 2. The highest BCUT2D eigenvalue weighted by molar-refractivity contribution is 7.85. The Labute approximate surface area is 366 Å². The molecule has 0 amide bonds. The summed E-state index contributed by atoms with van der Waals surface area (Å²) in [5, 5.41) is 0. The lowest BCUT2D eigenvalue weighted by atomic mass is 10.1. The molecule has 3 rings (SSSR count). The molecule has 0 saturated carbocycles. The van der Waals surface area contributed by atoms with Crippen molar-refractivity contribution in [1.29, 1.82) is 0 Å².